The van der Waals surface area contributed by atoms with Crippen molar-refractivity contribution in [1.82, 2.24) is 4.90 Å². The van der Waals surface area contributed by atoms with Gasteiger partial charge in [-0.15, -0.1) is 0 Å². The summed E-state index contributed by atoms with van der Waals surface area (Å²) in [7, 11) is 0. The van der Waals surface area contributed by atoms with Crippen LogP contribution >= 0.6 is 23.2 Å². The van der Waals surface area contributed by atoms with Crippen LogP contribution in [-0.2, 0) is 4.79 Å². The Bertz CT molecular complexity index is 759. The number of carbonyl (C=O) groups excluding carboxylic acids is 1. The van der Waals surface area contributed by atoms with Gasteiger partial charge in [-0.05, 0) is 36.8 Å². The van der Waals surface area contributed by atoms with Gasteiger partial charge in [-0.1, -0.05) is 41.4 Å². The van der Waals surface area contributed by atoms with Crippen molar-refractivity contribution in [3.05, 3.63) is 58.1 Å². The zero-order valence-corrected chi connectivity index (χ0v) is 15.6. The molecule has 1 heterocycles. The predicted molar refractivity (Wildman–Crippen MR) is 102 cm³/mol. The number of carbonyl (C=O) groups is 1. The van der Waals surface area contributed by atoms with E-state index in [0.717, 1.165) is 23.8 Å². The fourth-order valence-corrected chi connectivity index (χ4v) is 3.27. The Labute approximate surface area is 157 Å². The lowest BCUT2D eigenvalue weighted by atomic mass is 10.1. The zero-order chi connectivity index (χ0) is 17.8. The largest absolute Gasteiger partial charge is 0.482 e. The highest BCUT2D eigenvalue weighted by molar-refractivity contribution is 6.32. The van der Waals surface area contributed by atoms with Crippen molar-refractivity contribution >= 4 is 34.8 Å². The molecular formula is C19H20Cl2N2O2. The second-order valence-electron chi connectivity index (χ2n) is 6.02. The van der Waals surface area contributed by atoms with Crippen LogP contribution in [0.1, 0.15) is 5.56 Å². The van der Waals surface area contributed by atoms with Crippen LogP contribution in [-0.4, -0.2) is 43.6 Å². The number of hydrogen-bond acceptors (Lipinski definition) is 3. The number of rotatable bonds is 4. The number of nitrogens with zero attached hydrogens (tertiary/aromatic N) is 2. The number of para-hydroxylation sites is 1. The molecule has 1 fully saturated rings. The maximum atomic E-state index is 12.4. The van der Waals surface area contributed by atoms with Crippen LogP contribution in [0, 0.1) is 6.92 Å². The summed E-state index contributed by atoms with van der Waals surface area (Å²) in [6, 6.07) is 13.1. The van der Waals surface area contributed by atoms with E-state index in [1.54, 1.807) is 12.1 Å². The third-order valence-corrected chi connectivity index (χ3v) is 4.88. The van der Waals surface area contributed by atoms with Crippen molar-refractivity contribution in [2.45, 2.75) is 6.92 Å². The Morgan fingerprint density at radius 2 is 1.80 bits per heavy atom. The van der Waals surface area contributed by atoms with Gasteiger partial charge >= 0.3 is 0 Å². The van der Waals surface area contributed by atoms with E-state index in [-0.39, 0.29) is 12.5 Å². The van der Waals surface area contributed by atoms with E-state index in [1.165, 1.54) is 5.56 Å². The molecule has 0 bridgehead atoms. The van der Waals surface area contributed by atoms with Crippen molar-refractivity contribution in [2.24, 2.45) is 0 Å². The van der Waals surface area contributed by atoms with E-state index >= 15 is 0 Å². The van der Waals surface area contributed by atoms with Gasteiger partial charge in [0.15, 0.2) is 6.61 Å². The molecule has 0 saturated carbocycles. The summed E-state index contributed by atoms with van der Waals surface area (Å²) in [4.78, 5) is 16.5. The molecule has 0 aliphatic carbocycles. The topological polar surface area (TPSA) is 32.8 Å². The zero-order valence-electron chi connectivity index (χ0n) is 14.0. The average Bonchev–Trinajstić information content (AvgIpc) is 2.63. The van der Waals surface area contributed by atoms with Gasteiger partial charge in [0.25, 0.3) is 5.91 Å². The molecule has 0 aromatic heterocycles. The van der Waals surface area contributed by atoms with E-state index in [4.69, 9.17) is 27.9 Å². The summed E-state index contributed by atoms with van der Waals surface area (Å²) < 4.78 is 5.54. The van der Waals surface area contributed by atoms with Crippen molar-refractivity contribution < 1.29 is 9.53 Å². The summed E-state index contributed by atoms with van der Waals surface area (Å²) in [5.74, 6) is 0.507. The Morgan fingerprint density at radius 1 is 1.08 bits per heavy atom. The fourth-order valence-electron chi connectivity index (χ4n) is 2.91. The van der Waals surface area contributed by atoms with E-state index in [2.05, 4.69) is 11.8 Å². The summed E-state index contributed by atoms with van der Waals surface area (Å²) in [6.45, 7) is 4.95. The molecule has 0 radical (unpaired) electrons. The Hall–Kier alpha value is -1.91. The average molecular weight is 379 g/mol. The smallest absolute Gasteiger partial charge is 0.260 e. The lowest BCUT2D eigenvalue weighted by Crippen LogP contribution is -2.50. The molecule has 2 aromatic carbocycles. The SMILES string of the molecule is Cc1ccc(Cl)cc1N1CCN(C(=O)COc2ccccc2Cl)CC1. The number of anilines is 1. The maximum absolute atomic E-state index is 12.4. The Morgan fingerprint density at radius 3 is 2.52 bits per heavy atom. The first kappa shape index (κ1) is 17.9. The standard InChI is InChI=1S/C19H20Cl2N2O2/c1-14-6-7-15(20)12-17(14)22-8-10-23(11-9-22)19(24)13-25-18-5-3-2-4-16(18)21/h2-7,12H,8-11,13H2,1H3. The number of hydrogen-bond donors (Lipinski definition) is 0. The minimum absolute atomic E-state index is 0.0000732. The molecule has 132 valence electrons. The minimum atomic E-state index is -0.0256. The molecule has 6 heteroatoms. The molecule has 4 nitrogen and oxygen atoms in total. The van der Waals surface area contributed by atoms with Crippen LogP contribution in [0.3, 0.4) is 0 Å². The van der Waals surface area contributed by atoms with E-state index in [9.17, 15) is 4.79 Å². The molecule has 0 spiro atoms. The van der Waals surface area contributed by atoms with Crippen molar-refractivity contribution in [1.29, 1.82) is 0 Å². The third kappa shape index (κ3) is 4.39. The second kappa shape index (κ2) is 7.98. The molecule has 25 heavy (non-hydrogen) atoms. The first-order valence-corrected chi connectivity index (χ1v) is 8.96. The van der Waals surface area contributed by atoms with Crippen molar-refractivity contribution in [3.63, 3.8) is 0 Å². The monoisotopic (exact) mass is 378 g/mol. The Balaban J connectivity index is 1.54. The highest BCUT2D eigenvalue weighted by atomic mass is 35.5. The van der Waals surface area contributed by atoms with Crippen LogP contribution in [0.2, 0.25) is 10.0 Å². The van der Waals surface area contributed by atoms with Crippen LogP contribution in [0.5, 0.6) is 5.75 Å². The summed E-state index contributed by atoms with van der Waals surface area (Å²) in [5.41, 5.74) is 2.32. The molecule has 0 N–H and O–H groups in total. The second-order valence-corrected chi connectivity index (χ2v) is 6.86. The molecule has 1 saturated heterocycles. The predicted octanol–water partition coefficient (Wildman–Crippen LogP) is 4.03. The van der Waals surface area contributed by atoms with Gasteiger partial charge in [-0.3, -0.25) is 4.79 Å². The first-order chi connectivity index (χ1) is 12.0. The van der Waals surface area contributed by atoms with Crippen molar-refractivity contribution in [2.75, 3.05) is 37.7 Å². The van der Waals surface area contributed by atoms with Crippen molar-refractivity contribution in [3.8, 4) is 5.75 Å². The number of benzene rings is 2. The minimum Gasteiger partial charge on any atom is -0.482 e. The molecule has 0 unspecified atom stereocenters. The Kier molecular flexibility index (Phi) is 5.71. The quantitative estimate of drug-likeness (QED) is 0.804. The van der Waals surface area contributed by atoms with Gasteiger partial charge in [0.1, 0.15) is 5.75 Å². The van der Waals surface area contributed by atoms with Gasteiger partial charge in [-0.2, -0.15) is 0 Å². The number of piperazine rings is 1. The summed E-state index contributed by atoms with van der Waals surface area (Å²) in [5, 5.41) is 1.24. The summed E-state index contributed by atoms with van der Waals surface area (Å²) in [6.07, 6.45) is 0. The molecule has 1 amide bonds. The van der Waals surface area contributed by atoms with Crippen LogP contribution < -0.4 is 9.64 Å². The maximum Gasteiger partial charge on any atom is 0.260 e. The number of ether oxygens (including phenoxy) is 1. The fraction of sp³-hybridized carbons (Fsp3) is 0.316. The number of halogens is 2. The van der Waals surface area contributed by atoms with Gasteiger partial charge < -0.3 is 14.5 Å². The van der Waals surface area contributed by atoms with E-state index in [0.29, 0.717) is 23.9 Å². The molecular weight excluding hydrogens is 359 g/mol. The number of amides is 1. The van der Waals surface area contributed by atoms with Gasteiger partial charge in [0.05, 0.1) is 5.02 Å². The van der Waals surface area contributed by atoms with Gasteiger partial charge in [0.2, 0.25) is 0 Å². The molecule has 2 aromatic rings. The van der Waals surface area contributed by atoms with Gasteiger partial charge in [-0.25, -0.2) is 0 Å². The normalized spacial score (nSPS) is 14.5. The number of aryl methyl sites for hydroxylation is 1. The first-order valence-electron chi connectivity index (χ1n) is 8.21. The van der Waals surface area contributed by atoms with E-state index < -0.39 is 0 Å². The lowest BCUT2D eigenvalue weighted by Gasteiger charge is -2.36. The molecule has 3 rings (SSSR count). The highest BCUT2D eigenvalue weighted by Crippen LogP contribution is 2.26. The van der Waals surface area contributed by atoms with E-state index in [1.807, 2.05) is 35.2 Å². The van der Waals surface area contributed by atoms with Crippen LogP contribution in [0.4, 0.5) is 5.69 Å². The molecule has 1 aliphatic rings. The molecule has 1 aliphatic heterocycles. The highest BCUT2D eigenvalue weighted by Gasteiger charge is 2.22. The third-order valence-electron chi connectivity index (χ3n) is 4.33. The summed E-state index contributed by atoms with van der Waals surface area (Å²) >= 11 is 12.1. The van der Waals surface area contributed by atoms with Crippen LogP contribution in [0.25, 0.3) is 0 Å². The molecule has 0 atom stereocenters. The van der Waals surface area contributed by atoms with Gasteiger partial charge in [0, 0.05) is 36.9 Å². The van der Waals surface area contributed by atoms with Crippen LogP contribution in [0.15, 0.2) is 42.5 Å². The lowest BCUT2D eigenvalue weighted by molar-refractivity contribution is -0.133.